The lowest BCUT2D eigenvalue weighted by molar-refractivity contribution is 0.503. The Bertz CT molecular complexity index is 564. The van der Waals surface area contributed by atoms with Gasteiger partial charge in [0.1, 0.15) is 11.6 Å². The molecule has 0 bridgehead atoms. The number of aryl methyl sites for hydroxylation is 1. The fourth-order valence-corrected chi connectivity index (χ4v) is 2.28. The standard InChI is InChI=1S/C16H21FN2O/c1-4-19(10-13-6-5-7-20-13)16-8-11(2)15(17)9-14(16)12(3)18/h5-9,12H,4,10,18H2,1-3H3/t12-/m0/s1. The van der Waals surface area contributed by atoms with Crippen molar-refractivity contribution < 1.29 is 8.81 Å². The number of furan rings is 1. The molecule has 0 radical (unpaired) electrons. The van der Waals surface area contributed by atoms with Crippen LogP contribution in [-0.2, 0) is 6.54 Å². The Morgan fingerprint density at radius 3 is 2.70 bits per heavy atom. The third-order valence-corrected chi connectivity index (χ3v) is 3.45. The molecule has 2 N–H and O–H groups in total. The zero-order valence-electron chi connectivity index (χ0n) is 12.2. The Hall–Kier alpha value is -1.81. The molecule has 4 heteroatoms. The van der Waals surface area contributed by atoms with Crippen LogP contribution in [0.4, 0.5) is 10.1 Å². The second-order valence-electron chi connectivity index (χ2n) is 5.04. The van der Waals surface area contributed by atoms with Crippen molar-refractivity contribution in [2.75, 3.05) is 11.4 Å². The predicted molar refractivity (Wildman–Crippen MR) is 79.2 cm³/mol. The number of hydrogen-bond acceptors (Lipinski definition) is 3. The number of nitrogens with two attached hydrogens (primary N) is 1. The summed E-state index contributed by atoms with van der Waals surface area (Å²) in [6, 6.07) is 6.99. The molecule has 0 aliphatic carbocycles. The van der Waals surface area contributed by atoms with Crippen molar-refractivity contribution in [1.29, 1.82) is 0 Å². The summed E-state index contributed by atoms with van der Waals surface area (Å²) in [5.74, 6) is 0.666. The number of halogens is 1. The van der Waals surface area contributed by atoms with Gasteiger partial charge in [0.2, 0.25) is 0 Å². The first kappa shape index (κ1) is 14.6. The van der Waals surface area contributed by atoms with Crippen LogP contribution in [0.1, 0.15) is 36.8 Å². The van der Waals surface area contributed by atoms with Gasteiger partial charge < -0.3 is 15.1 Å². The van der Waals surface area contributed by atoms with Crippen molar-refractivity contribution in [3.05, 3.63) is 53.2 Å². The van der Waals surface area contributed by atoms with Gasteiger partial charge in [-0.1, -0.05) is 0 Å². The van der Waals surface area contributed by atoms with Gasteiger partial charge in [-0.15, -0.1) is 0 Å². The summed E-state index contributed by atoms with van der Waals surface area (Å²) in [5.41, 5.74) is 8.40. The van der Waals surface area contributed by atoms with Crippen LogP contribution >= 0.6 is 0 Å². The molecule has 3 nitrogen and oxygen atoms in total. The Kier molecular flexibility index (Phi) is 4.45. The van der Waals surface area contributed by atoms with E-state index in [-0.39, 0.29) is 11.9 Å². The SMILES string of the molecule is CCN(Cc1ccco1)c1cc(C)c(F)cc1[C@H](C)N. The highest BCUT2D eigenvalue weighted by atomic mass is 19.1. The third kappa shape index (κ3) is 3.02. The van der Waals surface area contributed by atoms with Gasteiger partial charge in [0.15, 0.2) is 0 Å². The van der Waals surface area contributed by atoms with Crippen LogP contribution in [0.3, 0.4) is 0 Å². The molecule has 20 heavy (non-hydrogen) atoms. The zero-order chi connectivity index (χ0) is 14.7. The molecule has 0 saturated carbocycles. The fraction of sp³-hybridized carbons (Fsp3) is 0.375. The summed E-state index contributed by atoms with van der Waals surface area (Å²) >= 11 is 0. The molecule has 0 aliphatic heterocycles. The van der Waals surface area contributed by atoms with E-state index in [2.05, 4.69) is 11.8 Å². The summed E-state index contributed by atoms with van der Waals surface area (Å²) in [6.07, 6.45) is 1.66. The van der Waals surface area contributed by atoms with Gasteiger partial charge in [0, 0.05) is 18.3 Å². The first-order valence-electron chi connectivity index (χ1n) is 6.85. The van der Waals surface area contributed by atoms with E-state index in [9.17, 15) is 4.39 Å². The summed E-state index contributed by atoms with van der Waals surface area (Å²) in [5, 5.41) is 0. The number of benzene rings is 1. The van der Waals surface area contributed by atoms with Gasteiger partial charge in [0.25, 0.3) is 0 Å². The third-order valence-electron chi connectivity index (χ3n) is 3.45. The van der Waals surface area contributed by atoms with Crippen LogP contribution in [0.5, 0.6) is 0 Å². The molecule has 0 fully saturated rings. The van der Waals surface area contributed by atoms with E-state index in [1.807, 2.05) is 25.1 Å². The van der Waals surface area contributed by atoms with Gasteiger partial charge in [-0.05, 0) is 56.2 Å². The van der Waals surface area contributed by atoms with E-state index in [4.69, 9.17) is 10.2 Å². The average Bonchev–Trinajstić information content (AvgIpc) is 2.91. The van der Waals surface area contributed by atoms with Crippen LogP contribution in [0.2, 0.25) is 0 Å². The van der Waals surface area contributed by atoms with Crippen molar-refractivity contribution in [3.8, 4) is 0 Å². The minimum Gasteiger partial charge on any atom is -0.467 e. The number of hydrogen-bond donors (Lipinski definition) is 1. The Labute approximate surface area is 119 Å². The molecule has 0 unspecified atom stereocenters. The van der Waals surface area contributed by atoms with Crippen LogP contribution in [0, 0.1) is 12.7 Å². The number of nitrogens with zero attached hydrogens (tertiary/aromatic N) is 1. The largest absolute Gasteiger partial charge is 0.467 e. The van der Waals surface area contributed by atoms with Crippen molar-refractivity contribution in [2.24, 2.45) is 5.73 Å². The number of rotatable bonds is 5. The normalized spacial score (nSPS) is 12.4. The van der Waals surface area contributed by atoms with Gasteiger partial charge >= 0.3 is 0 Å². The Morgan fingerprint density at radius 2 is 2.15 bits per heavy atom. The smallest absolute Gasteiger partial charge is 0.126 e. The average molecular weight is 276 g/mol. The molecule has 2 rings (SSSR count). The van der Waals surface area contributed by atoms with E-state index in [0.29, 0.717) is 12.1 Å². The second kappa shape index (κ2) is 6.09. The van der Waals surface area contributed by atoms with E-state index >= 15 is 0 Å². The van der Waals surface area contributed by atoms with E-state index in [1.165, 1.54) is 0 Å². The summed E-state index contributed by atoms with van der Waals surface area (Å²) in [7, 11) is 0. The highest BCUT2D eigenvalue weighted by Crippen LogP contribution is 2.29. The van der Waals surface area contributed by atoms with Crippen molar-refractivity contribution >= 4 is 5.69 Å². The predicted octanol–water partition coefficient (Wildman–Crippen LogP) is 3.77. The molecule has 1 heterocycles. The van der Waals surface area contributed by atoms with Gasteiger partial charge in [0.05, 0.1) is 12.8 Å². The quantitative estimate of drug-likeness (QED) is 0.903. The number of anilines is 1. The molecule has 108 valence electrons. The zero-order valence-corrected chi connectivity index (χ0v) is 12.2. The molecular formula is C16H21FN2O. The van der Waals surface area contributed by atoms with Crippen LogP contribution in [-0.4, -0.2) is 6.54 Å². The molecule has 0 spiro atoms. The van der Waals surface area contributed by atoms with Crippen LogP contribution in [0.25, 0.3) is 0 Å². The lowest BCUT2D eigenvalue weighted by atomic mass is 10.0. The lowest BCUT2D eigenvalue weighted by Gasteiger charge is -2.27. The second-order valence-corrected chi connectivity index (χ2v) is 5.04. The molecule has 1 aromatic carbocycles. The maximum absolute atomic E-state index is 13.8. The summed E-state index contributed by atoms with van der Waals surface area (Å²) < 4.78 is 19.2. The van der Waals surface area contributed by atoms with E-state index < -0.39 is 0 Å². The molecule has 0 aliphatic rings. The summed E-state index contributed by atoms with van der Waals surface area (Å²) in [4.78, 5) is 2.14. The first-order chi connectivity index (χ1) is 9.52. The minimum atomic E-state index is -0.217. The van der Waals surface area contributed by atoms with Crippen LogP contribution in [0.15, 0.2) is 34.9 Å². The maximum Gasteiger partial charge on any atom is 0.126 e. The molecule has 0 amide bonds. The van der Waals surface area contributed by atoms with Gasteiger partial charge in [-0.25, -0.2) is 4.39 Å². The highest BCUT2D eigenvalue weighted by molar-refractivity contribution is 5.57. The Balaban J connectivity index is 2.39. The van der Waals surface area contributed by atoms with E-state index in [1.54, 1.807) is 19.3 Å². The van der Waals surface area contributed by atoms with Crippen molar-refractivity contribution in [3.63, 3.8) is 0 Å². The Morgan fingerprint density at radius 1 is 1.40 bits per heavy atom. The van der Waals surface area contributed by atoms with Crippen LogP contribution < -0.4 is 10.6 Å². The molecule has 0 saturated heterocycles. The highest BCUT2D eigenvalue weighted by Gasteiger charge is 2.16. The van der Waals surface area contributed by atoms with Crippen molar-refractivity contribution in [1.82, 2.24) is 0 Å². The lowest BCUT2D eigenvalue weighted by Crippen LogP contribution is -2.25. The monoisotopic (exact) mass is 276 g/mol. The fourth-order valence-electron chi connectivity index (χ4n) is 2.28. The molecule has 2 aromatic rings. The molecule has 1 atom stereocenters. The van der Waals surface area contributed by atoms with Gasteiger partial charge in [-0.3, -0.25) is 0 Å². The first-order valence-corrected chi connectivity index (χ1v) is 6.85. The van der Waals surface area contributed by atoms with Crippen molar-refractivity contribution in [2.45, 2.75) is 33.4 Å². The van der Waals surface area contributed by atoms with E-state index in [0.717, 1.165) is 23.6 Å². The maximum atomic E-state index is 13.8. The molecular weight excluding hydrogens is 255 g/mol. The van der Waals surface area contributed by atoms with Gasteiger partial charge in [-0.2, -0.15) is 0 Å². The summed E-state index contributed by atoms with van der Waals surface area (Å²) in [6.45, 7) is 7.14. The molecule has 1 aromatic heterocycles. The topological polar surface area (TPSA) is 42.4 Å². The minimum absolute atomic E-state index is 0.213.